The molecular weight excluding hydrogens is 226 g/mol. The van der Waals surface area contributed by atoms with Crippen molar-refractivity contribution in [1.29, 1.82) is 0 Å². The molecule has 0 bridgehead atoms. The van der Waals surface area contributed by atoms with E-state index in [1.807, 2.05) is 0 Å². The summed E-state index contributed by atoms with van der Waals surface area (Å²) < 4.78 is 0. The van der Waals surface area contributed by atoms with Crippen LogP contribution in [0.25, 0.3) is 0 Å². The number of aryl methyl sites for hydroxylation is 1. The van der Waals surface area contributed by atoms with E-state index in [0.29, 0.717) is 6.42 Å². The molecule has 100 valence electrons. The van der Waals surface area contributed by atoms with Gasteiger partial charge in [-0.2, -0.15) is 0 Å². The van der Waals surface area contributed by atoms with Crippen molar-refractivity contribution in [3.63, 3.8) is 0 Å². The first kappa shape index (κ1) is 14.7. The van der Waals surface area contributed by atoms with Crippen LogP contribution >= 0.6 is 0 Å². The van der Waals surface area contributed by atoms with Crippen molar-refractivity contribution in [2.24, 2.45) is 0 Å². The molecule has 0 unspecified atom stereocenters. The lowest BCUT2D eigenvalue weighted by atomic mass is 10.1. The number of hydrogen-bond acceptors (Lipinski definition) is 2. The molecule has 0 saturated heterocycles. The normalized spacial score (nSPS) is 10.8. The summed E-state index contributed by atoms with van der Waals surface area (Å²) in [5.74, 6) is -0.692. The molecule has 0 saturated carbocycles. The fourth-order valence-corrected chi connectivity index (χ4v) is 1.92. The van der Waals surface area contributed by atoms with Crippen LogP contribution in [0.4, 0.5) is 0 Å². The monoisotopic (exact) mass is 249 g/mol. The fourth-order valence-electron chi connectivity index (χ4n) is 1.92. The van der Waals surface area contributed by atoms with Gasteiger partial charge in [0.1, 0.15) is 0 Å². The smallest absolute Gasteiger partial charge is 0.303 e. The van der Waals surface area contributed by atoms with Crippen molar-refractivity contribution in [2.75, 3.05) is 13.6 Å². The SMILES string of the molecule is Cc1ccc(CN(C)CCCCCC(=O)O)cc1. The Balaban J connectivity index is 2.15. The van der Waals surface area contributed by atoms with Gasteiger partial charge < -0.3 is 10.0 Å². The molecule has 0 aromatic heterocycles. The average Bonchev–Trinajstić information content (AvgIpc) is 2.31. The van der Waals surface area contributed by atoms with Gasteiger partial charge in [0.05, 0.1) is 0 Å². The number of carboxylic acids is 1. The topological polar surface area (TPSA) is 40.5 Å². The Kier molecular flexibility index (Phi) is 6.44. The Morgan fingerprint density at radius 3 is 2.44 bits per heavy atom. The molecule has 1 N–H and O–H groups in total. The number of rotatable bonds is 8. The Labute approximate surface area is 109 Å². The summed E-state index contributed by atoms with van der Waals surface area (Å²) in [5, 5.41) is 8.53. The van der Waals surface area contributed by atoms with Crippen LogP contribution in [-0.2, 0) is 11.3 Å². The molecule has 0 radical (unpaired) electrons. The number of aliphatic carboxylic acids is 1. The summed E-state index contributed by atoms with van der Waals surface area (Å²) in [6.45, 7) is 4.07. The van der Waals surface area contributed by atoms with Crippen LogP contribution in [0, 0.1) is 6.92 Å². The van der Waals surface area contributed by atoms with E-state index in [1.54, 1.807) is 0 Å². The van der Waals surface area contributed by atoms with Crippen LogP contribution < -0.4 is 0 Å². The maximum absolute atomic E-state index is 10.4. The van der Waals surface area contributed by atoms with Crippen molar-refractivity contribution in [3.8, 4) is 0 Å². The lowest BCUT2D eigenvalue weighted by Gasteiger charge is -2.16. The molecule has 0 aliphatic rings. The molecule has 0 aliphatic heterocycles. The van der Waals surface area contributed by atoms with Gasteiger partial charge in [-0.25, -0.2) is 0 Å². The molecule has 0 spiro atoms. The zero-order chi connectivity index (χ0) is 13.4. The summed E-state index contributed by atoms with van der Waals surface area (Å²) in [5.41, 5.74) is 2.61. The number of carboxylic acid groups (broad SMARTS) is 1. The second-order valence-electron chi connectivity index (χ2n) is 4.93. The minimum absolute atomic E-state index is 0.293. The van der Waals surface area contributed by atoms with Gasteiger partial charge in [0.15, 0.2) is 0 Å². The minimum atomic E-state index is -0.692. The largest absolute Gasteiger partial charge is 0.481 e. The predicted molar refractivity (Wildman–Crippen MR) is 73.6 cm³/mol. The van der Waals surface area contributed by atoms with Gasteiger partial charge in [0.2, 0.25) is 0 Å². The van der Waals surface area contributed by atoms with E-state index >= 15 is 0 Å². The van der Waals surface area contributed by atoms with E-state index in [0.717, 1.165) is 32.4 Å². The van der Waals surface area contributed by atoms with E-state index in [2.05, 4.69) is 43.1 Å². The molecule has 0 heterocycles. The van der Waals surface area contributed by atoms with Crippen LogP contribution in [0.3, 0.4) is 0 Å². The fraction of sp³-hybridized carbons (Fsp3) is 0.533. The molecular formula is C15H23NO2. The lowest BCUT2D eigenvalue weighted by molar-refractivity contribution is -0.137. The number of hydrogen-bond donors (Lipinski definition) is 1. The quantitative estimate of drug-likeness (QED) is 0.720. The van der Waals surface area contributed by atoms with E-state index in [-0.39, 0.29) is 0 Å². The zero-order valence-corrected chi connectivity index (χ0v) is 11.4. The number of nitrogens with zero attached hydrogens (tertiary/aromatic N) is 1. The van der Waals surface area contributed by atoms with Gasteiger partial charge in [-0.3, -0.25) is 4.79 Å². The van der Waals surface area contributed by atoms with Gasteiger partial charge in [0, 0.05) is 13.0 Å². The maximum Gasteiger partial charge on any atom is 0.303 e. The number of carbonyl (C=O) groups is 1. The van der Waals surface area contributed by atoms with Gasteiger partial charge in [-0.1, -0.05) is 36.2 Å². The summed E-state index contributed by atoms with van der Waals surface area (Å²) >= 11 is 0. The Morgan fingerprint density at radius 1 is 1.17 bits per heavy atom. The summed E-state index contributed by atoms with van der Waals surface area (Å²) in [4.78, 5) is 12.6. The van der Waals surface area contributed by atoms with Crippen LogP contribution in [0.15, 0.2) is 24.3 Å². The first-order valence-electron chi connectivity index (χ1n) is 6.54. The van der Waals surface area contributed by atoms with Crippen LogP contribution in [0.2, 0.25) is 0 Å². The molecule has 18 heavy (non-hydrogen) atoms. The first-order valence-corrected chi connectivity index (χ1v) is 6.54. The van der Waals surface area contributed by atoms with Gasteiger partial charge >= 0.3 is 5.97 Å². The third-order valence-corrected chi connectivity index (χ3v) is 3.00. The van der Waals surface area contributed by atoms with Gasteiger partial charge in [0.25, 0.3) is 0 Å². The van der Waals surface area contributed by atoms with E-state index in [4.69, 9.17) is 5.11 Å². The molecule has 3 heteroatoms. The summed E-state index contributed by atoms with van der Waals surface area (Å²) in [7, 11) is 2.11. The Bertz CT molecular complexity index is 359. The average molecular weight is 249 g/mol. The molecule has 0 aliphatic carbocycles. The van der Waals surface area contributed by atoms with Crippen LogP contribution in [0.1, 0.15) is 36.8 Å². The Hall–Kier alpha value is -1.35. The maximum atomic E-state index is 10.4. The van der Waals surface area contributed by atoms with Crippen molar-refractivity contribution >= 4 is 5.97 Å². The van der Waals surface area contributed by atoms with Crippen molar-refractivity contribution in [2.45, 2.75) is 39.2 Å². The Morgan fingerprint density at radius 2 is 1.83 bits per heavy atom. The summed E-state index contributed by atoms with van der Waals surface area (Å²) in [6, 6.07) is 8.60. The molecule has 3 nitrogen and oxygen atoms in total. The van der Waals surface area contributed by atoms with Crippen molar-refractivity contribution in [3.05, 3.63) is 35.4 Å². The number of benzene rings is 1. The third kappa shape index (κ3) is 6.40. The van der Waals surface area contributed by atoms with Gasteiger partial charge in [-0.05, 0) is 38.9 Å². The highest BCUT2D eigenvalue weighted by atomic mass is 16.4. The zero-order valence-electron chi connectivity index (χ0n) is 11.4. The number of unbranched alkanes of at least 4 members (excludes halogenated alkanes) is 2. The molecule has 1 aromatic rings. The minimum Gasteiger partial charge on any atom is -0.481 e. The second-order valence-corrected chi connectivity index (χ2v) is 4.93. The van der Waals surface area contributed by atoms with Crippen molar-refractivity contribution in [1.82, 2.24) is 4.90 Å². The third-order valence-electron chi connectivity index (χ3n) is 3.00. The highest BCUT2D eigenvalue weighted by Crippen LogP contribution is 2.07. The highest BCUT2D eigenvalue weighted by Gasteiger charge is 2.01. The van der Waals surface area contributed by atoms with E-state index < -0.39 is 5.97 Å². The summed E-state index contributed by atoms with van der Waals surface area (Å²) in [6.07, 6.45) is 3.13. The van der Waals surface area contributed by atoms with Crippen LogP contribution in [-0.4, -0.2) is 29.6 Å². The molecule has 1 aromatic carbocycles. The van der Waals surface area contributed by atoms with E-state index in [1.165, 1.54) is 11.1 Å². The second kappa shape index (κ2) is 7.88. The lowest BCUT2D eigenvalue weighted by Crippen LogP contribution is -2.19. The predicted octanol–water partition coefficient (Wildman–Crippen LogP) is 3.07. The molecule has 0 amide bonds. The molecule has 1 rings (SSSR count). The standard InChI is InChI=1S/C15H23NO2/c1-13-7-9-14(10-8-13)12-16(2)11-5-3-4-6-15(17)18/h7-10H,3-6,11-12H2,1-2H3,(H,17,18). The molecule has 0 atom stereocenters. The van der Waals surface area contributed by atoms with Gasteiger partial charge in [-0.15, -0.1) is 0 Å². The van der Waals surface area contributed by atoms with Crippen molar-refractivity contribution < 1.29 is 9.90 Å². The van der Waals surface area contributed by atoms with Crippen LogP contribution in [0.5, 0.6) is 0 Å². The first-order chi connectivity index (χ1) is 8.58. The highest BCUT2D eigenvalue weighted by molar-refractivity contribution is 5.66. The van der Waals surface area contributed by atoms with E-state index in [9.17, 15) is 4.79 Å². The molecule has 0 fully saturated rings.